The van der Waals surface area contributed by atoms with Crippen LogP contribution in [0.15, 0.2) is 22.7 Å². The molecule has 0 bridgehead atoms. The summed E-state index contributed by atoms with van der Waals surface area (Å²) in [6.45, 7) is 1.54. The summed E-state index contributed by atoms with van der Waals surface area (Å²) in [5.41, 5.74) is 0.647. The summed E-state index contributed by atoms with van der Waals surface area (Å²) in [5, 5.41) is 0. The number of carbonyl (C=O) groups is 1. The van der Waals surface area contributed by atoms with E-state index in [1.54, 1.807) is 12.1 Å². The Morgan fingerprint density at radius 2 is 1.76 bits per heavy atom. The van der Waals surface area contributed by atoms with Gasteiger partial charge in [0.2, 0.25) is 0 Å². The lowest BCUT2D eigenvalue weighted by atomic mass is 9.68. The molecule has 1 aromatic carbocycles. The third kappa shape index (κ3) is 3.15. The quantitative estimate of drug-likeness (QED) is 0.711. The molecule has 1 amide bonds. The highest BCUT2D eigenvalue weighted by molar-refractivity contribution is 9.10. The molecule has 0 aromatic heterocycles. The molecule has 0 atom stereocenters. The summed E-state index contributed by atoms with van der Waals surface area (Å²) in [4.78, 5) is 14.3. The number of nitrogens with zero attached hydrogens (tertiary/aromatic N) is 1. The number of benzene rings is 1. The molecule has 1 aliphatic heterocycles. The number of rotatable bonds is 1. The summed E-state index contributed by atoms with van der Waals surface area (Å²) in [6.07, 6.45) is 8.78. The van der Waals surface area contributed by atoms with E-state index >= 15 is 0 Å². The SMILES string of the molecule is O=C(c1cc(Br)ccc1F)N1CCC2(CCCCC2)CC1. The number of amides is 1. The summed E-state index contributed by atoms with van der Waals surface area (Å²) in [5.74, 6) is -0.597. The fraction of sp³-hybridized carbons (Fsp3) is 0.588. The summed E-state index contributed by atoms with van der Waals surface area (Å²) in [6, 6.07) is 4.56. The van der Waals surface area contributed by atoms with Crippen molar-refractivity contribution >= 4 is 21.8 Å². The van der Waals surface area contributed by atoms with Gasteiger partial charge in [0.1, 0.15) is 5.82 Å². The topological polar surface area (TPSA) is 20.3 Å². The van der Waals surface area contributed by atoms with Crippen LogP contribution in [0.1, 0.15) is 55.3 Å². The fourth-order valence-corrected chi connectivity index (χ4v) is 4.18. The molecular weight excluding hydrogens is 333 g/mol. The Hall–Kier alpha value is -0.900. The Morgan fingerprint density at radius 1 is 1.10 bits per heavy atom. The van der Waals surface area contributed by atoms with Gasteiger partial charge in [-0.3, -0.25) is 4.79 Å². The third-order valence-corrected chi connectivity index (χ3v) is 5.68. The van der Waals surface area contributed by atoms with Crippen molar-refractivity contribution in [2.45, 2.75) is 44.9 Å². The molecule has 1 saturated carbocycles. The van der Waals surface area contributed by atoms with Crippen LogP contribution in [0.25, 0.3) is 0 Å². The van der Waals surface area contributed by atoms with Gasteiger partial charge in [0.25, 0.3) is 5.91 Å². The molecule has 1 heterocycles. The van der Waals surface area contributed by atoms with E-state index in [0.29, 0.717) is 5.41 Å². The van der Waals surface area contributed by atoms with Gasteiger partial charge in [-0.15, -0.1) is 0 Å². The predicted molar refractivity (Wildman–Crippen MR) is 84.8 cm³/mol. The zero-order valence-corrected chi connectivity index (χ0v) is 13.8. The first kappa shape index (κ1) is 15.0. The van der Waals surface area contributed by atoms with Crippen molar-refractivity contribution in [3.63, 3.8) is 0 Å². The second-order valence-corrected chi connectivity index (χ2v) is 7.39. The van der Waals surface area contributed by atoms with Gasteiger partial charge in [-0.1, -0.05) is 35.2 Å². The van der Waals surface area contributed by atoms with Crippen LogP contribution in [-0.4, -0.2) is 23.9 Å². The van der Waals surface area contributed by atoms with E-state index in [1.165, 1.54) is 38.2 Å². The van der Waals surface area contributed by atoms with E-state index in [-0.39, 0.29) is 11.5 Å². The first-order chi connectivity index (χ1) is 10.1. The predicted octanol–water partition coefficient (Wildman–Crippen LogP) is 4.77. The van der Waals surface area contributed by atoms with Crippen LogP contribution in [-0.2, 0) is 0 Å². The standard InChI is InChI=1S/C17H21BrFNO/c18-13-4-5-15(19)14(12-13)16(21)20-10-8-17(9-11-20)6-2-1-3-7-17/h4-5,12H,1-3,6-11H2. The van der Waals surface area contributed by atoms with Gasteiger partial charge in [0.15, 0.2) is 0 Å². The lowest BCUT2D eigenvalue weighted by Crippen LogP contribution is -2.44. The highest BCUT2D eigenvalue weighted by Gasteiger charge is 2.37. The van der Waals surface area contributed by atoms with E-state index < -0.39 is 5.82 Å². The van der Waals surface area contributed by atoms with Crippen molar-refractivity contribution in [2.24, 2.45) is 5.41 Å². The van der Waals surface area contributed by atoms with Crippen molar-refractivity contribution in [3.8, 4) is 0 Å². The molecule has 114 valence electrons. The van der Waals surface area contributed by atoms with Crippen molar-refractivity contribution in [1.82, 2.24) is 4.90 Å². The summed E-state index contributed by atoms with van der Waals surface area (Å²) in [7, 11) is 0. The average molecular weight is 354 g/mol. The molecule has 1 spiro atoms. The Kier molecular flexibility index (Phi) is 4.34. The van der Waals surface area contributed by atoms with Crippen LogP contribution in [0.3, 0.4) is 0 Å². The molecular formula is C17H21BrFNO. The molecule has 2 aliphatic rings. The zero-order valence-electron chi connectivity index (χ0n) is 12.2. The maximum atomic E-state index is 13.9. The van der Waals surface area contributed by atoms with Gasteiger partial charge in [-0.2, -0.15) is 0 Å². The van der Waals surface area contributed by atoms with E-state index in [1.807, 2.05) is 4.90 Å². The van der Waals surface area contributed by atoms with Gasteiger partial charge >= 0.3 is 0 Å². The highest BCUT2D eigenvalue weighted by Crippen LogP contribution is 2.44. The average Bonchev–Trinajstić information content (AvgIpc) is 2.51. The number of halogens is 2. The molecule has 0 radical (unpaired) electrons. The van der Waals surface area contributed by atoms with Crippen LogP contribution in [0.5, 0.6) is 0 Å². The monoisotopic (exact) mass is 353 g/mol. The smallest absolute Gasteiger partial charge is 0.256 e. The van der Waals surface area contributed by atoms with E-state index in [0.717, 1.165) is 30.4 Å². The normalized spacial score (nSPS) is 21.5. The molecule has 2 fully saturated rings. The van der Waals surface area contributed by atoms with Crippen LogP contribution >= 0.6 is 15.9 Å². The minimum atomic E-state index is -0.429. The molecule has 1 aliphatic carbocycles. The van der Waals surface area contributed by atoms with Gasteiger partial charge in [-0.25, -0.2) is 4.39 Å². The van der Waals surface area contributed by atoms with Crippen LogP contribution < -0.4 is 0 Å². The molecule has 21 heavy (non-hydrogen) atoms. The number of piperidine rings is 1. The summed E-state index contributed by atoms with van der Waals surface area (Å²) < 4.78 is 14.6. The van der Waals surface area contributed by atoms with E-state index in [4.69, 9.17) is 0 Å². The zero-order chi connectivity index (χ0) is 14.9. The van der Waals surface area contributed by atoms with Crippen molar-refractivity contribution in [3.05, 3.63) is 34.1 Å². The Labute approximate surface area is 133 Å². The maximum absolute atomic E-state index is 13.9. The molecule has 3 rings (SSSR count). The number of likely N-dealkylation sites (tertiary alicyclic amines) is 1. The molecule has 1 aromatic rings. The number of hydrogen-bond donors (Lipinski definition) is 0. The van der Waals surface area contributed by atoms with Gasteiger partial charge in [-0.05, 0) is 49.3 Å². The number of carbonyl (C=O) groups excluding carboxylic acids is 1. The molecule has 2 nitrogen and oxygen atoms in total. The molecule has 4 heteroatoms. The Morgan fingerprint density at radius 3 is 2.43 bits per heavy atom. The second-order valence-electron chi connectivity index (χ2n) is 6.48. The van der Waals surface area contributed by atoms with Gasteiger partial charge < -0.3 is 4.90 Å². The van der Waals surface area contributed by atoms with Crippen molar-refractivity contribution in [1.29, 1.82) is 0 Å². The lowest BCUT2D eigenvalue weighted by Gasteiger charge is -2.44. The minimum Gasteiger partial charge on any atom is -0.339 e. The largest absolute Gasteiger partial charge is 0.339 e. The van der Waals surface area contributed by atoms with E-state index in [9.17, 15) is 9.18 Å². The van der Waals surface area contributed by atoms with E-state index in [2.05, 4.69) is 15.9 Å². The Bertz CT molecular complexity index is 530. The number of hydrogen-bond acceptors (Lipinski definition) is 1. The van der Waals surface area contributed by atoms with Gasteiger partial charge in [0, 0.05) is 17.6 Å². The molecule has 0 unspecified atom stereocenters. The first-order valence-electron chi connectivity index (χ1n) is 7.84. The fourth-order valence-electron chi connectivity index (χ4n) is 3.82. The maximum Gasteiger partial charge on any atom is 0.256 e. The van der Waals surface area contributed by atoms with Crippen LogP contribution in [0, 0.1) is 11.2 Å². The highest BCUT2D eigenvalue weighted by atomic mass is 79.9. The third-order valence-electron chi connectivity index (χ3n) is 5.18. The van der Waals surface area contributed by atoms with Gasteiger partial charge in [0.05, 0.1) is 5.56 Å². The lowest BCUT2D eigenvalue weighted by molar-refractivity contribution is 0.0468. The molecule has 1 saturated heterocycles. The first-order valence-corrected chi connectivity index (χ1v) is 8.63. The molecule has 0 N–H and O–H groups in total. The van der Waals surface area contributed by atoms with Crippen molar-refractivity contribution < 1.29 is 9.18 Å². The Balaban J connectivity index is 1.69. The van der Waals surface area contributed by atoms with Crippen LogP contribution in [0.2, 0.25) is 0 Å². The van der Waals surface area contributed by atoms with Crippen molar-refractivity contribution in [2.75, 3.05) is 13.1 Å². The second kappa shape index (κ2) is 6.07. The minimum absolute atomic E-state index is 0.167. The summed E-state index contributed by atoms with van der Waals surface area (Å²) >= 11 is 3.31. The van der Waals surface area contributed by atoms with Crippen LogP contribution in [0.4, 0.5) is 4.39 Å².